The molecular weight excluding hydrogens is 298 g/mol. The average Bonchev–Trinajstić information content (AvgIpc) is 2.53. The van der Waals surface area contributed by atoms with Crippen molar-refractivity contribution in [2.45, 2.75) is 0 Å². The Bertz CT molecular complexity index is 811. The summed E-state index contributed by atoms with van der Waals surface area (Å²) in [6.45, 7) is 0. The van der Waals surface area contributed by atoms with E-state index in [2.05, 4.69) is 0 Å². The van der Waals surface area contributed by atoms with Gasteiger partial charge in [0.25, 0.3) is 0 Å². The van der Waals surface area contributed by atoms with Crippen LogP contribution in [-0.4, -0.2) is 24.0 Å². The van der Waals surface area contributed by atoms with Gasteiger partial charge in [0.2, 0.25) is 17.7 Å². The third-order valence-electron chi connectivity index (χ3n) is 3.21. The van der Waals surface area contributed by atoms with Crippen molar-refractivity contribution in [2.75, 3.05) is 0 Å². The molecule has 116 valence electrons. The molecule has 0 aliphatic rings. The van der Waals surface area contributed by atoms with Crippen molar-refractivity contribution in [2.24, 2.45) is 17.2 Å². The Morgan fingerprint density at radius 1 is 0.652 bits per heavy atom. The van der Waals surface area contributed by atoms with E-state index in [4.69, 9.17) is 17.2 Å². The number of rotatable bonds is 5. The van der Waals surface area contributed by atoms with E-state index in [1.54, 1.807) is 0 Å². The first-order chi connectivity index (χ1) is 10.8. The van der Waals surface area contributed by atoms with E-state index in [0.29, 0.717) is 17.4 Å². The lowest BCUT2D eigenvalue weighted by atomic mass is 9.96. The highest BCUT2D eigenvalue weighted by atomic mass is 16.2. The molecule has 0 saturated carbocycles. The first kappa shape index (κ1) is 15.9. The number of primary amides is 3. The highest BCUT2D eigenvalue weighted by molar-refractivity contribution is 6.01. The van der Waals surface area contributed by atoms with Crippen LogP contribution in [0.1, 0.15) is 41.4 Å². The molecule has 0 saturated heterocycles. The van der Waals surface area contributed by atoms with Gasteiger partial charge in [0.1, 0.15) is 6.29 Å². The van der Waals surface area contributed by atoms with Gasteiger partial charge in [-0.15, -0.1) is 0 Å². The summed E-state index contributed by atoms with van der Waals surface area (Å²) in [5.74, 6) is -2.19. The van der Waals surface area contributed by atoms with Gasteiger partial charge >= 0.3 is 0 Å². The summed E-state index contributed by atoms with van der Waals surface area (Å²) >= 11 is 0. The zero-order valence-corrected chi connectivity index (χ0v) is 11.9. The van der Waals surface area contributed by atoms with Crippen LogP contribution in [0.2, 0.25) is 0 Å². The molecular formula is C16H13N3O4. The fraction of sp³-hybridized carbons (Fsp3) is 0. The minimum atomic E-state index is -0.740. The second-order valence-electron chi connectivity index (χ2n) is 4.85. The van der Waals surface area contributed by atoms with Gasteiger partial charge in [0.15, 0.2) is 0 Å². The summed E-state index contributed by atoms with van der Waals surface area (Å²) < 4.78 is 0. The van der Waals surface area contributed by atoms with Crippen LogP contribution in [0.3, 0.4) is 0 Å². The molecule has 3 amide bonds. The molecule has 0 aliphatic heterocycles. The van der Waals surface area contributed by atoms with Crippen LogP contribution in [-0.2, 0) is 0 Å². The predicted molar refractivity (Wildman–Crippen MR) is 82.8 cm³/mol. The molecule has 7 heteroatoms. The second kappa shape index (κ2) is 6.10. The fourth-order valence-electron chi connectivity index (χ4n) is 2.11. The molecule has 7 nitrogen and oxygen atoms in total. The van der Waals surface area contributed by atoms with E-state index < -0.39 is 17.7 Å². The van der Waals surface area contributed by atoms with Crippen molar-refractivity contribution < 1.29 is 19.2 Å². The third kappa shape index (κ3) is 3.41. The molecule has 0 aliphatic carbocycles. The van der Waals surface area contributed by atoms with Gasteiger partial charge in [-0.05, 0) is 47.5 Å². The Morgan fingerprint density at radius 2 is 1.04 bits per heavy atom. The molecule has 0 aromatic heterocycles. The molecule has 0 radical (unpaired) electrons. The van der Waals surface area contributed by atoms with E-state index >= 15 is 0 Å². The lowest BCUT2D eigenvalue weighted by molar-refractivity contribution is 0.0988. The number of benzene rings is 2. The number of nitrogens with two attached hydrogens (primary N) is 3. The van der Waals surface area contributed by atoms with Crippen LogP contribution in [0.25, 0.3) is 11.1 Å². The highest BCUT2D eigenvalue weighted by Gasteiger charge is 2.12. The van der Waals surface area contributed by atoms with Crippen molar-refractivity contribution in [1.82, 2.24) is 0 Å². The minimum absolute atomic E-state index is 0.0773. The standard InChI is InChI=1S/C16H13N3O4/c17-14(21)11-2-8(7-20)1-9(3-11)10-4-12(15(18)22)6-13(5-10)16(19)23/h1-7H,(H2,17,21)(H2,18,22)(H2,19,23). The lowest BCUT2D eigenvalue weighted by Gasteiger charge is -2.09. The van der Waals surface area contributed by atoms with Gasteiger partial charge in [0.05, 0.1) is 0 Å². The highest BCUT2D eigenvalue weighted by Crippen LogP contribution is 2.25. The molecule has 23 heavy (non-hydrogen) atoms. The summed E-state index contributed by atoms with van der Waals surface area (Å²) in [6, 6.07) is 8.41. The van der Waals surface area contributed by atoms with Crippen LogP contribution in [0, 0.1) is 0 Å². The molecule has 2 rings (SSSR count). The minimum Gasteiger partial charge on any atom is -0.366 e. The maximum absolute atomic E-state index is 11.4. The predicted octanol–water partition coefficient (Wildman–Crippen LogP) is 0.463. The van der Waals surface area contributed by atoms with Gasteiger partial charge in [-0.3, -0.25) is 19.2 Å². The largest absolute Gasteiger partial charge is 0.366 e. The van der Waals surface area contributed by atoms with E-state index in [-0.39, 0.29) is 22.3 Å². The summed E-state index contributed by atoms with van der Waals surface area (Å²) in [4.78, 5) is 45.2. The molecule has 0 spiro atoms. The number of amides is 3. The van der Waals surface area contributed by atoms with Crippen molar-refractivity contribution in [3.05, 3.63) is 58.7 Å². The Hall–Kier alpha value is -3.48. The van der Waals surface area contributed by atoms with Crippen molar-refractivity contribution in [3.63, 3.8) is 0 Å². The van der Waals surface area contributed by atoms with Gasteiger partial charge in [-0.25, -0.2) is 0 Å². The lowest BCUT2D eigenvalue weighted by Crippen LogP contribution is -2.16. The summed E-state index contributed by atoms with van der Waals surface area (Å²) in [5.41, 5.74) is 17.0. The maximum Gasteiger partial charge on any atom is 0.248 e. The fourth-order valence-corrected chi connectivity index (χ4v) is 2.11. The van der Waals surface area contributed by atoms with Gasteiger partial charge in [-0.1, -0.05) is 0 Å². The van der Waals surface area contributed by atoms with Crippen LogP contribution in [0.5, 0.6) is 0 Å². The molecule has 2 aromatic carbocycles. The molecule has 0 unspecified atom stereocenters. The van der Waals surface area contributed by atoms with Crippen molar-refractivity contribution in [1.29, 1.82) is 0 Å². The quantitative estimate of drug-likeness (QED) is 0.688. The maximum atomic E-state index is 11.4. The Kier molecular flexibility index (Phi) is 4.22. The summed E-state index contributed by atoms with van der Waals surface area (Å²) in [6.07, 6.45) is 0.558. The number of carbonyl (C=O) groups excluding carboxylic acids is 4. The SMILES string of the molecule is NC(=O)c1cc(C=O)cc(-c2cc(C(N)=O)cc(C(N)=O)c2)c1. The van der Waals surface area contributed by atoms with Gasteiger partial charge in [0, 0.05) is 22.3 Å². The number of hydrogen-bond acceptors (Lipinski definition) is 4. The zero-order chi connectivity index (χ0) is 17.1. The summed E-state index contributed by atoms with van der Waals surface area (Å²) in [7, 11) is 0. The van der Waals surface area contributed by atoms with Crippen LogP contribution in [0.4, 0.5) is 0 Å². The van der Waals surface area contributed by atoms with E-state index in [1.807, 2.05) is 0 Å². The average molecular weight is 311 g/mol. The summed E-state index contributed by atoms with van der Waals surface area (Å²) in [5, 5.41) is 0. The number of aldehydes is 1. The van der Waals surface area contributed by atoms with Gasteiger partial charge < -0.3 is 17.2 Å². The molecule has 0 heterocycles. The van der Waals surface area contributed by atoms with Gasteiger partial charge in [-0.2, -0.15) is 0 Å². The molecule has 0 fully saturated rings. The topological polar surface area (TPSA) is 146 Å². The second-order valence-corrected chi connectivity index (χ2v) is 4.85. The molecule has 6 N–H and O–H groups in total. The van der Waals surface area contributed by atoms with Crippen molar-refractivity contribution >= 4 is 24.0 Å². The number of carbonyl (C=O) groups is 4. The van der Waals surface area contributed by atoms with E-state index in [1.165, 1.54) is 36.4 Å². The molecule has 0 bridgehead atoms. The smallest absolute Gasteiger partial charge is 0.248 e. The van der Waals surface area contributed by atoms with Crippen LogP contribution >= 0.6 is 0 Å². The van der Waals surface area contributed by atoms with Crippen LogP contribution in [0.15, 0.2) is 36.4 Å². The Labute approximate surface area is 131 Å². The Morgan fingerprint density at radius 3 is 1.43 bits per heavy atom. The first-order valence-corrected chi connectivity index (χ1v) is 6.47. The normalized spacial score (nSPS) is 10.1. The Balaban J connectivity index is 2.72. The zero-order valence-electron chi connectivity index (χ0n) is 11.9. The van der Waals surface area contributed by atoms with Crippen molar-refractivity contribution in [3.8, 4) is 11.1 Å². The number of hydrogen-bond donors (Lipinski definition) is 3. The van der Waals surface area contributed by atoms with E-state index in [0.717, 1.165) is 0 Å². The molecule has 2 aromatic rings. The molecule has 0 atom stereocenters. The third-order valence-corrected chi connectivity index (χ3v) is 3.21. The van der Waals surface area contributed by atoms with Crippen LogP contribution < -0.4 is 17.2 Å². The van der Waals surface area contributed by atoms with E-state index in [9.17, 15) is 19.2 Å². The first-order valence-electron chi connectivity index (χ1n) is 6.47. The monoisotopic (exact) mass is 311 g/mol.